The molecule has 3 aliphatic carbocycles. The van der Waals surface area contributed by atoms with Crippen molar-refractivity contribution in [2.45, 2.75) is 68.2 Å². The van der Waals surface area contributed by atoms with Crippen molar-refractivity contribution < 1.29 is 38.5 Å². The summed E-state index contributed by atoms with van der Waals surface area (Å²) >= 11 is 0. The van der Waals surface area contributed by atoms with Gasteiger partial charge >= 0.3 is 11.9 Å². The Kier molecular flexibility index (Phi) is 23.7. The van der Waals surface area contributed by atoms with E-state index < -0.39 is 5.97 Å². The van der Waals surface area contributed by atoms with Crippen molar-refractivity contribution in [1.82, 2.24) is 0 Å². The molecule has 2 bridgehead atoms. The molecular weight excluding hydrogens is 525 g/mol. The van der Waals surface area contributed by atoms with Gasteiger partial charge in [0.1, 0.15) is 0 Å². The minimum absolute atomic E-state index is 0. The van der Waals surface area contributed by atoms with Gasteiger partial charge in [-0.3, -0.25) is 0 Å². The van der Waals surface area contributed by atoms with Crippen LogP contribution in [0.5, 0.6) is 0 Å². The molecule has 5 heteroatoms. The summed E-state index contributed by atoms with van der Waals surface area (Å²) in [6, 6.07) is 0. The fourth-order valence-corrected chi connectivity index (χ4v) is 4.76. The van der Waals surface area contributed by atoms with Crippen LogP contribution < -0.4 is 0 Å². The second-order valence-corrected chi connectivity index (χ2v) is 8.79. The van der Waals surface area contributed by atoms with Crippen LogP contribution in [0.1, 0.15) is 68.2 Å². The number of rotatable bonds is 4. The van der Waals surface area contributed by atoms with Crippen molar-refractivity contribution in [2.24, 2.45) is 47.3 Å². The first-order chi connectivity index (χ1) is 16.2. The third kappa shape index (κ3) is 12.9. The average Bonchev–Trinajstić information content (AvgIpc) is 3.56. The number of esters is 2. The van der Waals surface area contributed by atoms with Crippen LogP contribution in [0.2, 0.25) is 0 Å². The quantitative estimate of drug-likeness (QED) is 0.149. The van der Waals surface area contributed by atoms with E-state index in [2.05, 4.69) is 62.5 Å². The summed E-state index contributed by atoms with van der Waals surface area (Å²) < 4.78 is 8.72. The van der Waals surface area contributed by atoms with Gasteiger partial charge in [-0.1, -0.05) is 86.3 Å². The SMILES string of the molecule is C=CC(=O)OC.C=CC1CC(/C=C/C(=O)OC)C(C)C1C.CC.CC.CC1C2C=CC(C2)C1C.[Ru]. The normalized spacial score (nSPS) is 30.9. The van der Waals surface area contributed by atoms with Gasteiger partial charge in [-0.25, -0.2) is 9.59 Å². The van der Waals surface area contributed by atoms with Gasteiger partial charge in [-0.2, -0.15) is 0 Å². The summed E-state index contributed by atoms with van der Waals surface area (Å²) in [4.78, 5) is 20.8. The zero-order valence-electron chi connectivity index (χ0n) is 23.9. The van der Waals surface area contributed by atoms with E-state index in [1.165, 1.54) is 20.6 Å². The van der Waals surface area contributed by atoms with Gasteiger partial charge in [0.05, 0.1) is 14.2 Å². The van der Waals surface area contributed by atoms with Gasteiger partial charge in [-0.15, -0.1) is 6.58 Å². The molecule has 8 unspecified atom stereocenters. The molecule has 0 aromatic rings. The van der Waals surface area contributed by atoms with Crippen molar-refractivity contribution in [3.05, 3.63) is 49.6 Å². The van der Waals surface area contributed by atoms with Gasteiger partial charge in [0.15, 0.2) is 0 Å². The molecule has 0 aromatic heterocycles. The van der Waals surface area contributed by atoms with Crippen molar-refractivity contribution >= 4 is 11.9 Å². The summed E-state index contributed by atoms with van der Waals surface area (Å²) in [7, 11) is 2.71. The molecule has 0 N–H and O–H groups in total. The summed E-state index contributed by atoms with van der Waals surface area (Å²) in [6.07, 6.45) is 14.0. The third-order valence-electron chi connectivity index (χ3n) is 7.41. The fourth-order valence-electron chi connectivity index (χ4n) is 4.76. The van der Waals surface area contributed by atoms with Crippen molar-refractivity contribution in [3.63, 3.8) is 0 Å². The number of methoxy groups -OCH3 is 2. The molecule has 0 aliphatic heterocycles. The Bertz CT molecular complexity index is 639. The van der Waals surface area contributed by atoms with E-state index >= 15 is 0 Å². The standard InChI is InChI=1S/C13H20O2.C9H14.C4H6O2.2C2H6.Ru/c1-5-11-8-12(10(3)9(11)2)6-7-13(14)15-4;1-6-7(2)9-4-3-8(6)5-9;1-3-4(5)6-2;2*1-2;/h5-7,9-12H,1,8H2,2-4H3;3-4,6-9H,5H2,1-2H3;3H,1H2,2H3;2*1-2H3;/b7-6+;;;;;. The van der Waals surface area contributed by atoms with Crippen LogP contribution in [-0.2, 0) is 38.5 Å². The van der Waals surface area contributed by atoms with E-state index in [0.717, 1.165) is 36.2 Å². The predicted molar refractivity (Wildman–Crippen MR) is 145 cm³/mol. The minimum atomic E-state index is -0.394. The summed E-state index contributed by atoms with van der Waals surface area (Å²) in [5.74, 6) is 5.43. The molecule has 0 saturated heterocycles. The van der Waals surface area contributed by atoms with Crippen molar-refractivity contribution in [2.75, 3.05) is 14.2 Å². The molecule has 8 atom stereocenters. The molecule has 0 spiro atoms. The number of carbonyl (C=O) groups excluding carboxylic acids is 2. The topological polar surface area (TPSA) is 52.6 Å². The van der Waals surface area contributed by atoms with E-state index in [1.54, 1.807) is 6.08 Å². The van der Waals surface area contributed by atoms with E-state index in [4.69, 9.17) is 0 Å². The first-order valence-electron chi connectivity index (χ1n) is 13.0. The Balaban J connectivity index is -0.000000438. The number of hydrogen-bond donors (Lipinski definition) is 0. The van der Waals surface area contributed by atoms with Gasteiger partial charge in [0.2, 0.25) is 0 Å². The Labute approximate surface area is 229 Å². The summed E-state index contributed by atoms with van der Waals surface area (Å²) in [6.45, 7) is 24.3. The Morgan fingerprint density at radius 3 is 1.43 bits per heavy atom. The van der Waals surface area contributed by atoms with E-state index in [0.29, 0.717) is 23.7 Å². The molecule has 2 saturated carbocycles. The molecule has 0 amide bonds. The van der Waals surface area contributed by atoms with Crippen LogP contribution in [0.4, 0.5) is 0 Å². The molecule has 0 aromatic carbocycles. The minimum Gasteiger partial charge on any atom is -0.466 e. The number of fused-ring (bicyclic) bond motifs is 2. The van der Waals surface area contributed by atoms with Crippen LogP contribution in [0.25, 0.3) is 0 Å². The monoisotopic (exact) mass is 578 g/mol. The first-order valence-corrected chi connectivity index (χ1v) is 13.0. The summed E-state index contributed by atoms with van der Waals surface area (Å²) in [5.41, 5.74) is 0. The molecular formula is C30H52O4Ru. The van der Waals surface area contributed by atoms with Crippen LogP contribution in [0.15, 0.2) is 49.6 Å². The van der Waals surface area contributed by atoms with Crippen molar-refractivity contribution in [3.8, 4) is 0 Å². The fraction of sp³-hybridized carbons (Fsp3) is 0.667. The first kappa shape index (κ1) is 38.1. The average molecular weight is 578 g/mol. The maximum absolute atomic E-state index is 11.0. The zero-order valence-corrected chi connectivity index (χ0v) is 25.6. The van der Waals surface area contributed by atoms with Crippen LogP contribution >= 0.6 is 0 Å². The van der Waals surface area contributed by atoms with E-state index in [-0.39, 0.29) is 25.4 Å². The largest absolute Gasteiger partial charge is 0.466 e. The van der Waals surface area contributed by atoms with Gasteiger partial charge in [-0.05, 0) is 60.2 Å². The Morgan fingerprint density at radius 1 is 0.743 bits per heavy atom. The van der Waals surface area contributed by atoms with Crippen LogP contribution in [0, 0.1) is 47.3 Å². The zero-order chi connectivity index (χ0) is 26.8. The molecule has 0 heterocycles. The predicted octanol–water partition coefficient (Wildman–Crippen LogP) is 7.67. The maximum Gasteiger partial charge on any atom is 0.330 e. The van der Waals surface area contributed by atoms with Crippen LogP contribution in [0.3, 0.4) is 0 Å². The Morgan fingerprint density at radius 2 is 1.17 bits per heavy atom. The number of ether oxygens (including phenoxy) is 2. The van der Waals surface area contributed by atoms with Crippen LogP contribution in [-0.4, -0.2) is 26.2 Å². The molecule has 2 fully saturated rings. The second kappa shape index (κ2) is 21.8. The molecule has 0 radical (unpaired) electrons. The van der Waals surface area contributed by atoms with E-state index in [9.17, 15) is 9.59 Å². The Hall–Kier alpha value is -1.48. The molecule has 3 rings (SSSR count). The number of hydrogen-bond acceptors (Lipinski definition) is 4. The molecule has 4 nitrogen and oxygen atoms in total. The number of carbonyl (C=O) groups is 2. The van der Waals surface area contributed by atoms with E-state index in [1.807, 2.05) is 39.8 Å². The second-order valence-electron chi connectivity index (χ2n) is 8.79. The molecule has 35 heavy (non-hydrogen) atoms. The van der Waals surface area contributed by atoms with Gasteiger partial charge in [0.25, 0.3) is 0 Å². The van der Waals surface area contributed by atoms with Crippen molar-refractivity contribution in [1.29, 1.82) is 0 Å². The summed E-state index contributed by atoms with van der Waals surface area (Å²) in [5, 5.41) is 0. The molecule has 204 valence electrons. The molecule has 3 aliphatic rings. The van der Waals surface area contributed by atoms with Gasteiger partial charge < -0.3 is 9.47 Å². The van der Waals surface area contributed by atoms with Gasteiger partial charge in [0, 0.05) is 31.6 Å². The smallest absolute Gasteiger partial charge is 0.330 e. The maximum atomic E-state index is 11.0. The number of allylic oxidation sites excluding steroid dienone is 4. The third-order valence-corrected chi connectivity index (χ3v) is 7.41.